The molecule has 1 aromatic carbocycles. The van der Waals surface area contributed by atoms with E-state index in [4.69, 9.17) is 4.74 Å². The monoisotopic (exact) mass is 259 g/mol. The van der Waals surface area contributed by atoms with Crippen molar-refractivity contribution in [2.24, 2.45) is 5.92 Å². The minimum absolute atomic E-state index is 0.152. The quantitative estimate of drug-likeness (QED) is 0.784. The number of hydrogen-bond donors (Lipinski definition) is 0. The summed E-state index contributed by atoms with van der Waals surface area (Å²) in [6.07, 6.45) is -0.583. The third-order valence-corrected chi connectivity index (χ3v) is 3.27. The molecular formula is C15H17NO3. The summed E-state index contributed by atoms with van der Waals surface area (Å²) in [4.78, 5) is 25.3. The molecule has 100 valence electrons. The van der Waals surface area contributed by atoms with Gasteiger partial charge in [-0.05, 0) is 11.5 Å². The van der Waals surface area contributed by atoms with E-state index in [2.05, 4.69) is 6.58 Å². The highest BCUT2D eigenvalue weighted by molar-refractivity contribution is 6.22. The summed E-state index contributed by atoms with van der Waals surface area (Å²) in [5.41, 5.74) is 1.03. The Morgan fingerprint density at radius 1 is 1.37 bits per heavy atom. The van der Waals surface area contributed by atoms with Crippen LogP contribution < -0.4 is 0 Å². The first-order valence-electron chi connectivity index (χ1n) is 6.27. The molecule has 0 spiro atoms. The predicted molar refractivity (Wildman–Crippen MR) is 72.3 cm³/mol. The molecule has 1 aliphatic rings. The molecule has 0 aromatic heterocycles. The predicted octanol–water partition coefficient (Wildman–Crippen LogP) is 2.70. The highest BCUT2D eigenvalue weighted by Crippen LogP contribution is 2.24. The lowest BCUT2D eigenvalue weighted by Gasteiger charge is -2.23. The lowest BCUT2D eigenvalue weighted by atomic mass is 10.0. The van der Waals surface area contributed by atoms with Gasteiger partial charge in [-0.15, -0.1) is 0 Å². The molecule has 4 heteroatoms. The van der Waals surface area contributed by atoms with Crippen molar-refractivity contribution in [2.75, 3.05) is 6.61 Å². The molecule has 1 fully saturated rings. The molecule has 0 radical (unpaired) electrons. The first kappa shape index (κ1) is 13.3. The van der Waals surface area contributed by atoms with E-state index in [1.54, 1.807) is 12.1 Å². The van der Waals surface area contributed by atoms with Gasteiger partial charge in [0.15, 0.2) is 0 Å². The normalized spacial score (nSPS) is 18.6. The topological polar surface area (TPSA) is 46.6 Å². The van der Waals surface area contributed by atoms with Crippen molar-refractivity contribution in [1.29, 1.82) is 0 Å². The Labute approximate surface area is 112 Å². The number of imide groups is 1. The van der Waals surface area contributed by atoms with Crippen molar-refractivity contribution in [3.8, 4) is 0 Å². The maximum absolute atomic E-state index is 12.4. The lowest BCUT2D eigenvalue weighted by molar-refractivity contribution is -0.123. The Morgan fingerprint density at radius 2 is 2.00 bits per heavy atom. The molecule has 0 unspecified atom stereocenters. The minimum atomic E-state index is -0.583. The van der Waals surface area contributed by atoms with E-state index in [0.717, 1.165) is 5.56 Å². The molecule has 1 saturated heterocycles. The van der Waals surface area contributed by atoms with Crippen LogP contribution in [0, 0.1) is 5.92 Å². The van der Waals surface area contributed by atoms with Crippen molar-refractivity contribution in [1.82, 2.24) is 4.90 Å². The zero-order valence-corrected chi connectivity index (χ0v) is 11.1. The molecule has 1 heterocycles. The molecule has 1 atom stereocenters. The molecule has 0 bridgehead atoms. The summed E-state index contributed by atoms with van der Waals surface area (Å²) in [6.45, 7) is 7.97. The fourth-order valence-electron chi connectivity index (χ4n) is 2.07. The van der Waals surface area contributed by atoms with Gasteiger partial charge >= 0.3 is 6.09 Å². The standard InChI is InChI=1S/C15H17NO3/c1-10(2)13-9-19-15(18)16(13)14(17)11(3)12-7-5-4-6-8-12/h4-8,10,13H,3,9H2,1-2H3/t13-/m1/s1. The van der Waals surface area contributed by atoms with Crippen LogP contribution in [0.25, 0.3) is 5.57 Å². The summed E-state index contributed by atoms with van der Waals surface area (Å²) in [6, 6.07) is 8.90. The molecule has 1 aromatic rings. The van der Waals surface area contributed by atoms with Crippen LogP contribution in [0.4, 0.5) is 4.79 Å². The van der Waals surface area contributed by atoms with E-state index in [0.29, 0.717) is 5.57 Å². The maximum Gasteiger partial charge on any atom is 0.417 e. The van der Waals surface area contributed by atoms with E-state index >= 15 is 0 Å². The van der Waals surface area contributed by atoms with Gasteiger partial charge in [0.05, 0.1) is 6.04 Å². The smallest absolute Gasteiger partial charge is 0.417 e. The number of carbonyl (C=O) groups is 2. The van der Waals surface area contributed by atoms with Gasteiger partial charge in [-0.25, -0.2) is 9.69 Å². The second kappa shape index (κ2) is 5.26. The van der Waals surface area contributed by atoms with Crippen molar-refractivity contribution in [3.05, 3.63) is 42.5 Å². The second-order valence-electron chi connectivity index (χ2n) is 4.91. The number of ether oxygens (including phenoxy) is 1. The first-order chi connectivity index (χ1) is 9.02. The van der Waals surface area contributed by atoms with Gasteiger partial charge in [0, 0.05) is 5.57 Å². The number of amides is 2. The lowest BCUT2D eigenvalue weighted by Crippen LogP contribution is -2.42. The summed E-state index contributed by atoms with van der Waals surface area (Å²) >= 11 is 0. The molecule has 0 aliphatic carbocycles. The van der Waals surface area contributed by atoms with Gasteiger partial charge in [0.2, 0.25) is 0 Å². The van der Waals surface area contributed by atoms with E-state index in [-0.39, 0.29) is 24.5 Å². The van der Waals surface area contributed by atoms with E-state index in [1.165, 1.54) is 4.90 Å². The Balaban J connectivity index is 2.23. The van der Waals surface area contributed by atoms with Crippen LogP contribution in [-0.2, 0) is 9.53 Å². The van der Waals surface area contributed by atoms with Gasteiger partial charge in [-0.3, -0.25) is 4.79 Å². The molecule has 1 aliphatic heterocycles. The average molecular weight is 259 g/mol. The van der Waals surface area contributed by atoms with Crippen LogP contribution in [0.2, 0.25) is 0 Å². The summed E-state index contributed by atoms with van der Waals surface area (Å²) in [7, 11) is 0. The summed E-state index contributed by atoms with van der Waals surface area (Å²) < 4.78 is 4.97. The molecule has 2 amide bonds. The third kappa shape index (κ3) is 2.52. The molecular weight excluding hydrogens is 242 g/mol. The van der Waals surface area contributed by atoms with E-state index in [1.807, 2.05) is 32.0 Å². The number of carbonyl (C=O) groups excluding carboxylic acids is 2. The fraction of sp³-hybridized carbons (Fsp3) is 0.333. The number of hydrogen-bond acceptors (Lipinski definition) is 3. The van der Waals surface area contributed by atoms with Crippen LogP contribution >= 0.6 is 0 Å². The summed E-state index contributed by atoms with van der Waals surface area (Å²) in [5, 5.41) is 0. The van der Waals surface area contributed by atoms with Gasteiger partial charge in [-0.2, -0.15) is 0 Å². The zero-order valence-electron chi connectivity index (χ0n) is 11.1. The Bertz CT molecular complexity index is 507. The van der Waals surface area contributed by atoms with Crippen molar-refractivity contribution in [2.45, 2.75) is 19.9 Å². The molecule has 0 saturated carbocycles. The Morgan fingerprint density at radius 3 is 2.58 bits per heavy atom. The van der Waals surface area contributed by atoms with Gasteiger partial charge in [0.1, 0.15) is 6.61 Å². The van der Waals surface area contributed by atoms with Gasteiger partial charge in [0.25, 0.3) is 5.91 Å². The Kier molecular flexibility index (Phi) is 3.69. The number of cyclic esters (lactones) is 1. The minimum Gasteiger partial charge on any atom is -0.447 e. The number of rotatable bonds is 3. The third-order valence-electron chi connectivity index (χ3n) is 3.27. The average Bonchev–Trinajstić information content (AvgIpc) is 2.80. The fourth-order valence-corrected chi connectivity index (χ4v) is 2.07. The SMILES string of the molecule is C=C(C(=O)N1C(=O)OC[C@@H]1C(C)C)c1ccccc1. The van der Waals surface area contributed by atoms with E-state index < -0.39 is 6.09 Å². The maximum atomic E-state index is 12.4. The zero-order chi connectivity index (χ0) is 14.0. The molecule has 0 N–H and O–H groups in total. The van der Waals surface area contributed by atoms with Crippen LogP contribution in [0.3, 0.4) is 0 Å². The van der Waals surface area contributed by atoms with Gasteiger partial charge < -0.3 is 4.74 Å². The van der Waals surface area contributed by atoms with Crippen molar-refractivity contribution >= 4 is 17.6 Å². The van der Waals surface area contributed by atoms with Crippen LogP contribution in [0.5, 0.6) is 0 Å². The summed E-state index contributed by atoms with van der Waals surface area (Å²) in [5.74, 6) is -0.230. The Hall–Kier alpha value is -2.10. The van der Waals surface area contributed by atoms with Crippen LogP contribution in [0.1, 0.15) is 19.4 Å². The molecule has 2 rings (SSSR count). The van der Waals surface area contributed by atoms with Crippen LogP contribution in [-0.4, -0.2) is 29.5 Å². The number of nitrogens with zero attached hydrogens (tertiary/aromatic N) is 1. The second-order valence-corrected chi connectivity index (χ2v) is 4.91. The van der Waals surface area contributed by atoms with Crippen LogP contribution in [0.15, 0.2) is 36.9 Å². The highest BCUT2D eigenvalue weighted by atomic mass is 16.6. The molecule has 4 nitrogen and oxygen atoms in total. The highest BCUT2D eigenvalue weighted by Gasteiger charge is 2.40. The largest absolute Gasteiger partial charge is 0.447 e. The van der Waals surface area contributed by atoms with E-state index in [9.17, 15) is 9.59 Å². The van der Waals surface area contributed by atoms with Crippen molar-refractivity contribution < 1.29 is 14.3 Å². The first-order valence-corrected chi connectivity index (χ1v) is 6.27. The number of benzene rings is 1. The molecule has 19 heavy (non-hydrogen) atoms. The van der Waals surface area contributed by atoms with Crippen molar-refractivity contribution in [3.63, 3.8) is 0 Å². The van der Waals surface area contributed by atoms with Gasteiger partial charge in [-0.1, -0.05) is 50.8 Å².